The van der Waals surface area contributed by atoms with E-state index in [1.807, 2.05) is 18.2 Å². The highest BCUT2D eigenvalue weighted by Gasteiger charge is 2.60. The number of sulfone groups is 1. The predicted octanol–water partition coefficient (Wildman–Crippen LogP) is 6.40. The summed E-state index contributed by atoms with van der Waals surface area (Å²) in [4.78, 5) is 56.3. The number of halogens is 1. The first-order valence-corrected chi connectivity index (χ1v) is 25.4. The minimum atomic E-state index is -3.62. The van der Waals surface area contributed by atoms with Crippen LogP contribution in [0.25, 0.3) is 0 Å². The average molecular weight is 878 g/mol. The molecular formula is C45H68FN3O9S2. The Labute approximate surface area is 358 Å². The van der Waals surface area contributed by atoms with Crippen LogP contribution in [0.1, 0.15) is 130 Å². The van der Waals surface area contributed by atoms with E-state index in [9.17, 15) is 40.4 Å². The maximum atomic E-state index is 14.0. The number of rotatable bonds is 5. The molecule has 0 bridgehead atoms. The molecule has 0 radical (unpaired) electrons. The van der Waals surface area contributed by atoms with Crippen LogP contribution in [0.3, 0.4) is 0 Å². The fourth-order valence-electron chi connectivity index (χ4n) is 9.12. The van der Waals surface area contributed by atoms with Crippen molar-refractivity contribution in [2.45, 2.75) is 156 Å². The van der Waals surface area contributed by atoms with Crippen LogP contribution in [-0.4, -0.2) is 109 Å². The summed E-state index contributed by atoms with van der Waals surface area (Å²) in [6, 6.07) is 3.39. The summed E-state index contributed by atoms with van der Waals surface area (Å²) in [5, 5.41) is 0. The molecule has 0 unspecified atom stereocenters. The first-order chi connectivity index (χ1) is 27.8. The maximum absolute atomic E-state index is 14.0. The van der Waals surface area contributed by atoms with Crippen LogP contribution in [0.15, 0.2) is 30.4 Å². The van der Waals surface area contributed by atoms with Crippen molar-refractivity contribution in [3.05, 3.63) is 47.3 Å². The largest absolute Gasteiger partial charge is 0.461 e. The third-order valence-corrected chi connectivity index (χ3v) is 15.7. The number of nitrogens with zero attached hydrogens (tertiary/aromatic N) is 3. The number of esters is 1. The molecule has 1 aromatic rings. The number of benzene rings is 1. The molecule has 60 heavy (non-hydrogen) atoms. The van der Waals surface area contributed by atoms with Crippen molar-refractivity contribution in [3.8, 4) is 0 Å². The molecule has 0 aromatic heterocycles. The Morgan fingerprint density at radius 2 is 1.67 bits per heavy atom. The Morgan fingerprint density at radius 3 is 2.22 bits per heavy atom. The van der Waals surface area contributed by atoms with Crippen LogP contribution in [0.5, 0.6) is 0 Å². The predicted molar refractivity (Wildman–Crippen MR) is 229 cm³/mol. The second-order valence-electron chi connectivity index (χ2n) is 20.0. The highest BCUT2D eigenvalue weighted by atomic mass is 32.2. The molecule has 4 heterocycles. The summed E-state index contributed by atoms with van der Waals surface area (Å²) >= 11 is 0. The highest BCUT2D eigenvalue weighted by Crippen LogP contribution is 2.57. The molecule has 1 aromatic carbocycles. The molecule has 4 aliphatic heterocycles. The van der Waals surface area contributed by atoms with E-state index < -0.39 is 72.7 Å². The molecule has 6 aliphatic rings. The van der Waals surface area contributed by atoms with Gasteiger partial charge in [-0.3, -0.25) is 24.1 Å². The van der Waals surface area contributed by atoms with Gasteiger partial charge in [0.05, 0.1) is 18.3 Å². The fourth-order valence-corrected chi connectivity index (χ4v) is 11.6. The van der Waals surface area contributed by atoms with Crippen molar-refractivity contribution in [2.24, 2.45) is 22.7 Å². The number of carbonyl (C=O) groups excluding carboxylic acids is 4. The summed E-state index contributed by atoms with van der Waals surface area (Å²) in [6.45, 7) is 16.5. The quantitative estimate of drug-likeness (QED) is 0.240. The summed E-state index contributed by atoms with van der Waals surface area (Å²) < 4.78 is 69.5. The Kier molecular flexibility index (Phi) is 15.0. The Hall–Kier alpha value is -3.01. The second kappa shape index (κ2) is 18.8. The van der Waals surface area contributed by atoms with E-state index in [-0.39, 0.29) is 49.0 Å². The van der Waals surface area contributed by atoms with Gasteiger partial charge < -0.3 is 9.64 Å². The third kappa shape index (κ3) is 12.3. The monoisotopic (exact) mass is 877 g/mol. The molecule has 4 fully saturated rings. The summed E-state index contributed by atoms with van der Waals surface area (Å²) in [7, 11) is -7.23. The van der Waals surface area contributed by atoms with Gasteiger partial charge in [0.1, 0.15) is 23.7 Å². The number of hydrogen-bond acceptors (Lipinski definition) is 10. The number of Topliss-reactive ketones (excluding diaryl/α,β-unsaturated/α-hetero) is 2. The topological polar surface area (TPSA) is 156 Å². The van der Waals surface area contributed by atoms with Gasteiger partial charge in [-0.05, 0) is 94.6 Å². The fraction of sp³-hybridized carbons (Fsp3) is 0.733. The Balaban J connectivity index is 0.000000262. The van der Waals surface area contributed by atoms with Gasteiger partial charge in [0.25, 0.3) is 0 Å². The lowest BCUT2D eigenvalue weighted by molar-refractivity contribution is -0.147. The van der Waals surface area contributed by atoms with Crippen molar-refractivity contribution in [2.75, 3.05) is 30.9 Å². The molecule has 2 aliphatic carbocycles. The van der Waals surface area contributed by atoms with E-state index in [4.69, 9.17) is 4.74 Å². The average Bonchev–Trinajstić information content (AvgIpc) is 3.96. The van der Waals surface area contributed by atoms with E-state index in [0.29, 0.717) is 31.1 Å². The highest BCUT2D eigenvalue weighted by molar-refractivity contribution is 7.91. The lowest BCUT2D eigenvalue weighted by Gasteiger charge is -2.32. The zero-order valence-corrected chi connectivity index (χ0v) is 38.6. The number of carbonyl (C=O) groups is 4. The number of hydrogen-bond donors (Lipinski definition) is 0. The van der Waals surface area contributed by atoms with Crippen molar-refractivity contribution < 1.29 is 45.1 Å². The number of allylic oxidation sites excluding steroid dienone is 2. The minimum Gasteiger partial charge on any atom is -0.461 e. The van der Waals surface area contributed by atoms with Gasteiger partial charge in [0, 0.05) is 62.2 Å². The van der Waals surface area contributed by atoms with Crippen LogP contribution in [-0.2, 0) is 56.9 Å². The Morgan fingerprint density at radius 1 is 0.967 bits per heavy atom. The van der Waals surface area contributed by atoms with Gasteiger partial charge in [-0.25, -0.2) is 21.2 Å². The molecule has 1 amide bonds. The van der Waals surface area contributed by atoms with Gasteiger partial charge in [0.2, 0.25) is 15.9 Å². The number of sulfonamides is 1. The number of ketones is 2. The smallest absolute Gasteiger partial charge is 0.302 e. The molecule has 2 saturated carbocycles. The van der Waals surface area contributed by atoms with Gasteiger partial charge in [0.15, 0.2) is 21.4 Å². The van der Waals surface area contributed by atoms with Crippen molar-refractivity contribution in [1.29, 1.82) is 0 Å². The van der Waals surface area contributed by atoms with E-state index in [0.717, 1.165) is 55.7 Å². The van der Waals surface area contributed by atoms with Gasteiger partial charge in [-0.2, -0.15) is 4.31 Å². The summed E-state index contributed by atoms with van der Waals surface area (Å²) in [6.07, 6.45) is 10.9. The normalized spacial score (nSPS) is 29.3. The van der Waals surface area contributed by atoms with E-state index in [1.165, 1.54) is 29.0 Å². The Bertz CT molecular complexity index is 2020. The van der Waals surface area contributed by atoms with Crippen molar-refractivity contribution in [1.82, 2.24) is 14.1 Å². The number of ether oxygens (including phenoxy) is 1. The second-order valence-corrected chi connectivity index (χ2v) is 24.2. The van der Waals surface area contributed by atoms with Crippen molar-refractivity contribution in [3.63, 3.8) is 0 Å². The van der Waals surface area contributed by atoms with Gasteiger partial charge in [-0.1, -0.05) is 57.9 Å². The first-order valence-electron chi connectivity index (χ1n) is 21.7. The third-order valence-electron chi connectivity index (χ3n) is 13.0. The van der Waals surface area contributed by atoms with Crippen LogP contribution in [0, 0.1) is 28.5 Å². The van der Waals surface area contributed by atoms with Crippen molar-refractivity contribution >= 4 is 43.3 Å². The summed E-state index contributed by atoms with van der Waals surface area (Å²) in [5.41, 5.74) is 1.59. The first kappa shape index (κ1) is 48.0. The zero-order chi connectivity index (χ0) is 44.4. The summed E-state index contributed by atoms with van der Waals surface area (Å²) in [5.74, 6) is -1.95. The lowest BCUT2D eigenvalue weighted by Crippen LogP contribution is -2.52. The minimum absolute atomic E-state index is 0.0354. The van der Waals surface area contributed by atoms with E-state index in [1.54, 1.807) is 12.1 Å². The lowest BCUT2D eigenvalue weighted by atomic mass is 9.88. The van der Waals surface area contributed by atoms with Crippen LogP contribution < -0.4 is 0 Å². The van der Waals surface area contributed by atoms with E-state index in [2.05, 4.69) is 46.4 Å². The standard InChI is InChI=1S/C26H38N2O9S2.C12H16FN.C7H14/c1-18(29)37-20-13-22-23(30)15-26(24(31)17-38(2,33)34)14-19(26)9-6-4-3-5-7-10-21(25(32)27(22)16-20)28-11-8-12-39(28,35)36;1-12(2,3)14-7-9-5-4-6-11(13)10(9)8-14;1-7(2,3)6-4-5-6/h6,9,19-22H,3-5,7-8,10-17H2,1-2H3;4-6H,7-8H2,1-3H3;6H,4-5H2,1-3H3/b9-6-;;/t19-,20-,21+,22+,26-;;/m1../s1. The zero-order valence-electron chi connectivity index (χ0n) is 37.0. The van der Waals surface area contributed by atoms with Crippen LogP contribution in [0.2, 0.25) is 0 Å². The molecule has 12 nitrogen and oxygen atoms in total. The molecule has 7 rings (SSSR count). The molecule has 336 valence electrons. The molecular weight excluding hydrogens is 810 g/mol. The van der Waals surface area contributed by atoms with Gasteiger partial charge in [-0.15, -0.1) is 0 Å². The molecule has 2 saturated heterocycles. The van der Waals surface area contributed by atoms with Crippen LogP contribution >= 0.6 is 0 Å². The number of fused-ring (bicyclic) bond motifs is 3. The molecule has 5 atom stereocenters. The molecule has 0 N–H and O–H groups in total. The SMILES string of the molecule is CC(=O)O[C@@H]1C[C@H]2C(=O)C[C@]3(C(=O)CS(C)(=O)=O)C[C@H]3/C=C\CCCCC[C@H](N3CCCS3(=O)=O)C(=O)N2C1.CC(C)(C)C1CC1.CC(C)(C)N1Cc2cccc(F)c2C1. The number of amides is 1. The van der Waals surface area contributed by atoms with Gasteiger partial charge >= 0.3 is 5.97 Å². The maximum Gasteiger partial charge on any atom is 0.302 e. The molecule has 15 heteroatoms. The van der Waals surface area contributed by atoms with E-state index >= 15 is 0 Å². The van der Waals surface area contributed by atoms with Crippen LogP contribution in [0.4, 0.5) is 4.39 Å². The molecule has 0 spiro atoms.